The smallest absolute Gasteiger partial charge is 0.149 e. The van der Waals surface area contributed by atoms with E-state index in [0.717, 1.165) is 49.4 Å². The van der Waals surface area contributed by atoms with Gasteiger partial charge in [0.2, 0.25) is 0 Å². The zero-order valence-corrected chi connectivity index (χ0v) is 35.3. The van der Waals surface area contributed by atoms with Crippen molar-refractivity contribution in [2.45, 2.75) is 166 Å². The maximum Gasteiger partial charge on any atom is 0.149 e. The third-order valence-corrected chi connectivity index (χ3v) is 7.62. The van der Waals surface area contributed by atoms with Crippen LogP contribution in [0.2, 0.25) is 0 Å². The molecule has 0 heterocycles. The summed E-state index contributed by atoms with van der Waals surface area (Å²) in [5.41, 5.74) is 4.43. The fourth-order valence-corrected chi connectivity index (χ4v) is 3.72. The van der Waals surface area contributed by atoms with Crippen LogP contribution >= 0.6 is 0 Å². The van der Waals surface area contributed by atoms with Crippen molar-refractivity contribution < 1.29 is 13.9 Å². The quantitative estimate of drug-likeness (QED) is 0.0507. The number of para-hydroxylation sites is 1. The molecule has 0 aliphatic carbocycles. The molecule has 0 bridgehead atoms. The van der Waals surface area contributed by atoms with Crippen LogP contribution in [0.25, 0.3) is 0 Å². The number of benzene rings is 2. The summed E-state index contributed by atoms with van der Waals surface area (Å²) in [4.78, 5) is 10.2. The molecule has 3 heteroatoms. The zero-order chi connectivity index (χ0) is 39.5. The largest absolute Gasteiger partial charge is 0.494 e. The number of carbonyl (C=O) groups is 1. The van der Waals surface area contributed by atoms with E-state index >= 15 is 0 Å². The molecule has 0 saturated heterocycles. The molecule has 0 amide bonds. The third kappa shape index (κ3) is 46.8. The van der Waals surface area contributed by atoms with E-state index in [1.165, 1.54) is 100.0 Å². The zero-order valence-electron chi connectivity index (χ0n) is 35.3. The van der Waals surface area contributed by atoms with Crippen molar-refractivity contribution in [2.24, 2.45) is 5.92 Å². The molecule has 0 fully saturated rings. The van der Waals surface area contributed by atoms with Crippen LogP contribution in [0.4, 0.5) is 4.39 Å². The summed E-state index contributed by atoms with van der Waals surface area (Å²) in [5.74, 6) is 1.69. The Bertz CT molecular complexity index is 1050. The van der Waals surface area contributed by atoms with Crippen molar-refractivity contribution in [3.8, 4) is 5.75 Å². The van der Waals surface area contributed by atoms with E-state index in [0.29, 0.717) is 5.57 Å². The summed E-state index contributed by atoms with van der Waals surface area (Å²) >= 11 is 0. The summed E-state index contributed by atoms with van der Waals surface area (Å²) in [5, 5.41) is 0. The van der Waals surface area contributed by atoms with Crippen LogP contribution in [0.3, 0.4) is 0 Å². The summed E-state index contributed by atoms with van der Waals surface area (Å²) in [6.45, 7) is 31.9. The van der Waals surface area contributed by atoms with Crippen molar-refractivity contribution in [3.63, 3.8) is 0 Å². The third-order valence-electron chi connectivity index (χ3n) is 7.62. The summed E-state index contributed by atoms with van der Waals surface area (Å²) in [6.07, 6.45) is 23.5. The van der Waals surface area contributed by atoms with Gasteiger partial charge < -0.3 is 4.74 Å². The van der Waals surface area contributed by atoms with Gasteiger partial charge in [0, 0.05) is 5.57 Å². The van der Waals surface area contributed by atoms with Gasteiger partial charge in [0.25, 0.3) is 0 Å². The molecule has 2 rings (SSSR count). The fourth-order valence-electron chi connectivity index (χ4n) is 3.72. The highest BCUT2D eigenvalue weighted by molar-refractivity contribution is 5.77. The maximum absolute atomic E-state index is 12.5. The molecular weight excluding hydrogens is 628 g/mol. The monoisotopic (exact) mass is 709 g/mol. The number of hydrogen-bond acceptors (Lipinski definition) is 2. The first-order valence-corrected chi connectivity index (χ1v) is 20.0. The molecule has 51 heavy (non-hydrogen) atoms. The van der Waals surface area contributed by atoms with E-state index in [1.54, 1.807) is 0 Å². The fraction of sp³-hybridized carbons (Fsp3) is 0.562. The van der Waals surface area contributed by atoms with E-state index in [9.17, 15) is 9.18 Å². The minimum atomic E-state index is -0.144. The van der Waals surface area contributed by atoms with Crippen molar-refractivity contribution in [3.05, 3.63) is 114 Å². The second kappa shape index (κ2) is 44.8. The molecule has 2 aromatic carbocycles. The first kappa shape index (κ1) is 54.6. The number of unbranched alkanes of at least 4 members (excludes halogenated alkanes) is 6. The molecule has 0 unspecified atom stereocenters. The number of ether oxygens (including phenoxy) is 1. The van der Waals surface area contributed by atoms with E-state index in [1.807, 2.05) is 55.5 Å². The van der Waals surface area contributed by atoms with Crippen LogP contribution in [0.1, 0.15) is 165 Å². The Morgan fingerprint density at radius 2 is 1.33 bits per heavy atom. The predicted molar refractivity (Wildman–Crippen MR) is 230 cm³/mol. The lowest BCUT2D eigenvalue weighted by Gasteiger charge is -2.06. The molecule has 0 N–H and O–H groups in total. The van der Waals surface area contributed by atoms with E-state index in [4.69, 9.17) is 4.74 Å². The van der Waals surface area contributed by atoms with E-state index in [-0.39, 0.29) is 5.82 Å². The Hall–Kier alpha value is -3.20. The second-order valence-electron chi connectivity index (χ2n) is 13.0. The Morgan fingerprint density at radius 1 is 0.784 bits per heavy atom. The average Bonchev–Trinajstić information content (AvgIpc) is 3.15. The van der Waals surface area contributed by atoms with Gasteiger partial charge >= 0.3 is 0 Å². The molecule has 0 aliphatic rings. The molecule has 0 spiro atoms. The molecule has 0 saturated carbocycles. The highest BCUT2D eigenvalue weighted by Gasteiger charge is 1.97. The van der Waals surface area contributed by atoms with Gasteiger partial charge in [-0.05, 0) is 88.6 Å². The number of aryl methyl sites for hydroxylation is 1. The number of carbonyl (C=O) groups excluding carboxylic acids is 1. The van der Waals surface area contributed by atoms with Crippen molar-refractivity contribution in [1.82, 2.24) is 0 Å². The van der Waals surface area contributed by atoms with Crippen LogP contribution in [0, 0.1) is 11.7 Å². The van der Waals surface area contributed by atoms with Gasteiger partial charge in [-0.2, -0.15) is 0 Å². The Kier molecular flexibility index (Phi) is 48.0. The van der Waals surface area contributed by atoms with Gasteiger partial charge in [0.1, 0.15) is 17.9 Å². The van der Waals surface area contributed by atoms with E-state index < -0.39 is 0 Å². The number of rotatable bonds is 18. The standard InChI is InChI=1S/C11H15F.C10H14O.C9H12O.C9H18.C5H12.C4H10/c1-2-3-4-5-10-6-8-11(12)9-7-10;1-2-3-9-11-10-7-5-4-6-8-10;1-4-9(7-10)6-5-8(2)3;1-5-8(3)7-9(4)6-2;1-3-5-4-2;1-3-4-2/h6-9H,2-5H2,1H3;4-8H,2-3,9H2,1H3;4,6-7H,1-2,5H2,3H3;5,9H,6-7H2,1-4H3;3-5H2,1-2H3;3-4H2,1-2H3/b;;9-6+;8-5+;;/t;;;9-;;/m...1../s1. The molecule has 0 aliphatic heterocycles. The lowest BCUT2D eigenvalue weighted by molar-refractivity contribution is -0.104. The number of allylic oxidation sites excluding steroid dienone is 6. The van der Waals surface area contributed by atoms with E-state index in [2.05, 4.69) is 88.5 Å². The first-order valence-electron chi connectivity index (χ1n) is 20.0. The first-order chi connectivity index (χ1) is 24.5. The van der Waals surface area contributed by atoms with Crippen molar-refractivity contribution >= 4 is 6.29 Å². The molecule has 2 nitrogen and oxygen atoms in total. The van der Waals surface area contributed by atoms with Crippen LogP contribution in [0.15, 0.2) is 103 Å². The lowest BCUT2D eigenvalue weighted by atomic mass is 10.00. The van der Waals surface area contributed by atoms with Gasteiger partial charge in [-0.15, -0.1) is 0 Å². The topological polar surface area (TPSA) is 26.3 Å². The molecular formula is C48H81FO2. The Labute approximate surface area is 317 Å². The van der Waals surface area contributed by atoms with Crippen LogP contribution in [-0.2, 0) is 11.2 Å². The number of halogens is 1. The predicted octanol–water partition coefficient (Wildman–Crippen LogP) is 16.1. The van der Waals surface area contributed by atoms with Gasteiger partial charge in [-0.25, -0.2) is 4.39 Å². The van der Waals surface area contributed by atoms with Crippen LogP contribution < -0.4 is 4.74 Å². The minimum absolute atomic E-state index is 0.144. The second-order valence-corrected chi connectivity index (χ2v) is 13.0. The Balaban J connectivity index is -0.000000269. The number of aldehydes is 1. The molecule has 0 radical (unpaired) electrons. The number of hydrogen-bond donors (Lipinski definition) is 0. The molecule has 1 atom stereocenters. The van der Waals surface area contributed by atoms with Gasteiger partial charge in [0.15, 0.2) is 0 Å². The highest BCUT2D eigenvalue weighted by Crippen LogP contribution is 2.13. The normalized spacial score (nSPS) is 10.7. The summed E-state index contributed by atoms with van der Waals surface area (Å²) in [7, 11) is 0. The average molecular weight is 709 g/mol. The minimum Gasteiger partial charge on any atom is -0.494 e. The Morgan fingerprint density at radius 3 is 1.73 bits per heavy atom. The van der Waals surface area contributed by atoms with Crippen LogP contribution in [0.5, 0.6) is 5.75 Å². The van der Waals surface area contributed by atoms with Crippen LogP contribution in [-0.4, -0.2) is 12.9 Å². The maximum atomic E-state index is 12.5. The van der Waals surface area contributed by atoms with Gasteiger partial charge in [-0.1, -0.05) is 186 Å². The van der Waals surface area contributed by atoms with Crippen molar-refractivity contribution in [1.29, 1.82) is 0 Å². The van der Waals surface area contributed by atoms with Crippen molar-refractivity contribution in [2.75, 3.05) is 6.61 Å². The summed E-state index contributed by atoms with van der Waals surface area (Å²) in [6, 6.07) is 16.7. The molecule has 292 valence electrons. The SMILES string of the molecule is C/C=C(\C)C[C@H](C)CC.C=C/C(C=O)=C\CC(=C)C.CCCC.CCCCC.CCCCCc1ccc(F)cc1.CCCCOc1ccccc1. The molecule has 0 aromatic heterocycles. The highest BCUT2D eigenvalue weighted by atomic mass is 19.1. The summed E-state index contributed by atoms with van der Waals surface area (Å²) < 4.78 is 17.9. The van der Waals surface area contributed by atoms with Gasteiger partial charge in [0.05, 0.1) is 6.61 Å². The molecule has 2 aromatic rings. The van der Waals surface area contributed by atoms with Gasteiger partial charge in [-0.3, -0.25) is 4.79 Å². The lowest BCUT2D eigenvalue weighted by Crippen LogP contribution is -1.95.